The Morgan fingerprint density at radius 2 is 2.03 bits per heavy atom. The molecule has 1 amide bonds. The molecule has 1 fully saturated rings. The van der Waals surface area contributed by atoms with E-state index >= 15 is 0 Å². The molecular formula is C24H21N3O5S. The van der Waals surface area contributed by atoms with Crippen molar-refractivity contribution in [3.63, 3.8) is 0 Å². The summed E-state index contributed by atoms with van der Waals surface area (Å²) in [5, 5.41) is 13.5. The fourth-order valence-electron chi connectivity index (χ4n) is 3.43. The molecule has 0 unspecified atom stereocenters. The predicted octanol–water partition coefficient (Wildman–Crippen LogP) is 3.32. The van der Waals surface area contributed by atoms with Crippen LogP contribution in [-0.2, 0) is 9.53 Å². The number of fused-ring (bicyclic) bond motifs is 1. The second-order valence-electron chi connectivity index (χ2n) is 7.08. The van der Waals surface area contributed by atoms with Crippen LogP contribution >= 0.6 is 11.8 Å². The molecule has 8 nitrogen and oxygen atoms in total. The normalized spacial score (nSPS) is 16.8. The molecule has 0 bridgehead atoms. The number of hydrogen-bond acceptors (Lipinski definition) is 8. The lowest BCUT2D eigenvalue weighted by Crippen LogP contribution is -2.21. The SMILES string of the molecule is COC(=O)c1cnc2ccc(C=C3SC(=N[C@@H](CO)c4ccccc4)NC3=O)cc2c1OC. The van der Waals surface area contributed by atoms with E-state index in [0.717, 1.165) is 11.1 Å². The van der Waals surface area contributed by atoms with Gasteiger partial charge in [0, 0.05) is 11.6 Å². The molecule has 3 aromatic rings. The summed E-state index contributed by atoms with van der Waals surface area (Å²) in [6.07, 6.45) is 3.14. The fraction of sp³-hybridized carbons (Fsp3) is 0.167. The number of pyridine rings is 1. The van der Waals surface area contributed by atoms with Crippen molar-refractivity contribution in [2.24, 2.45) is 4.99 Å². The van der Waals surface area contributed by atoms with Crippen molar-refractivity contribution in [2.75, 3.05) is 20.8 Å². The van der Waals surface area contributed by atoms with E-state index in [0.29, 0.717) is 26.7 Å². The Labute approximate surface area is 194 Å². The molecular weight excluding hydrogens is 442 g/mol. The van der Waals surface area contributed by atoms with Gasteiger partial charge in [-0.2, -0.15) is 0 Å². The molecule has 2 heterocycles. The van der Waals surface area contributed by atoms with E-state index in [1.165, 1.54) is 32.2 Å². The second-order valence-corrected chi connectivity index (χ2v) is 8.11. The van der Waals surface area contributed by atoms with Gasteiger partial charge in [-0.3, -0.25) is 14.8 Å². The molecule has 1 atom stereocenters. The summed E-state index contributed by atoms with van der Waals surface area (Å²) in [5.41, 5.74) is 2.44. The van der Waals surface area contributed by atoms with E-state index < -0.39 is 12.0 Å². The summed E-state index contributed by atoms with van der Waals surface area (Å²) >= 11 is 1.20. The molecule has 1 aliphatic heterocycles. The topological polar surface area (TPSA) is 110 Å². The van der Waals surface area contributed by atoms with Crippen molar-refractivity contribution in [3.05, 3.63) is 76.3 Å². The van der Waals surface area contributed by atoms with Gasteiger partial charge < -0.3 is 19.9 Å². The van der Waals surface area contributed by atoms with Crippen LogP contribution in [0.4, 0.5) is 0 Å². The van der Waals surface area contributed by atoms with Gasteiger partial charge in [-0.25, -0.2) is 4.79 Å². The average molecular weight is 464 g/mol. The van der Waals surface area contributed by atoms with Crippen molar-refractivity contribution < 1.29 is 24.2 Å². The van der Waals surface area contributed by atoms with Crippen LogP contribution in [0.2, 0.25) is 0 Å². The van der Waals surface area contributed by atoms with Gasteiger partial charge in [-0.1, -0.05) is 36.4 Å². The number of esters is 1. The maximum Gasteiger partial charge on any atom is 0.343 e. The van der Waals surface area contributed by atoms with Crippen molar-refractivity contribution >= 4 is 45.8 Å². The third-order valence-electron chi connectivity index (χ3n) is 5.03. The predicted molar refractivity (Wildman–Crippen MR) is 127 cm³/mol. The lowest BCUT2D eigenvalue weighted by molar-refractivity contribution is -0.115. The molecule has 0 aliphatic carbocycles. The van der Waals surface area contributed by atoms with Crippen molar-refractivity contribution in [2.45, 2.75) is 6.04 Å². The quantitative estimate of drug-likeness (QED) is 0.426. The number of hydrogen-bond donors (Lipinski definition) is 2. The number of thioether (sulfide) groups is 1. The van der Waals surface area contributed by atoms with Crippen LogP contribution in [0.1, 0.15) is 27.5 Å². The monoisotopic (exact) mass is 463 g/mol. The maximum atomic E-state index is 12.5. The summed E-state index contributed by atoms with van der Waals surface area (Å²) < 4.78 is 10.3. The zero-order valence-electron chi connectivity index (χ0n) is 17.9. The van der Waals surface area contributed by atoms with Crippen LogP contribution in [0, 0.1) is 0 Å². The second kappa shape index (κ2) is 9.85. The number of amidine groups is 1. The Balaban J connectivity index is 1.65. The molecule has 1 aromatic heterocycles. The molecule has 2 aromatic carbocycles. The summed E-state index contributed by atoms with van der Waals surface area (Å²) in [5.74, 6) is -0.475. The van der Waals surface area contributed by atoms with Crippen molar-refractivity contribution in [1.82, 2.24) is 10.3 Å². The van der Waals surface area contributed by atoms with E-state index in [1.54, 1.807) is 18.2 Å². The van der Waals surface area contributed by atoms with E-state index in [-0.39, 0.29) is 18.1 Å². The number of aliphatic imine (C=N–C) groups is 1. The standard InChI is InChI=1S/C24H21N3O5S/c1-31-21-16-10-14(8-9-18(16)25-12-17(21)23(30)32-2)11-20-22(29)27-24(33-20)26-19(13-28)15-6-4-3-5-7-15/h3-12,19,28H,13H2,1-2H3,(H,26,27,29)/t19-/m0/s1. The number of ether oxygens (including phenoxy) is 2. The Bertz CT molecular complexity index is 1270. The molecule has 2 N–H and O–H groups in total. The van der Waals surface area contributed by atoms with Crippen LogP contribution in [0.5, 0.6) is 5.75 Å². The molecule has 1 saturated heterocycles. The van der Waals surface area contributed by atoms with Crippen molar-refractivity contribution in [1.29, 1.82) is 0 Å². The highest BCUT2D eigenvalue weighted by Crippen LogP contribution is 2.32. The molecule has 4 rings (SSSR count). The number of aliphatic hydroxyl groups is 1. The molecule has 0 spiro atoms. The number of nitrogens with one attached hydrogen (secondary N) is 1. The molecule has 0 radical (unpaired) electrons. The number of aliphatic hydroxyl groups excluding tert-OH is 1. The highest BCUT2D eigenvalue weighted by molar-refractivity contribution is 8.18. The Morgan fingerprint density at radius 1 is 1.24 bits per heavy atom. The van der Waals surface area contributed by atoms with Crippen LogP contribution in [0.15, 0.2) is 64.6 Å². The molecule has 1 aliphatic rings. The van der Waals surface area contributed by atoms with Gasteiger partial charge in [0.05, 0.1) is 31.2 Å². The van der Waals surface area contributed by atoms with E-state index in [2.05, 4.69) is 15.3 Å². The highest BCUT2D eigenvalue weighted by Gasteiger charge is 2.25. The molecule has 0 saturated carbocycles. The van der Waals surface area contributed by atoms with Crippen LogP contribution in [0.3, 0.4) is 0 Å². The summed E-state index contributed by atoms with van der Waals surface area (Å²) in [4.78, 5) is 33.8. The van der Waals surface area contributed by atoms with Gasteiger partial charge in [-0.15, -0.1) is 0 Å². The zero-order valence-corrected chi connectivity index (χ0v) is 18.8. The van der Waals surface area contributed by atoms with Gasteiger partial charge in [0.15, 0.2) is 5.17 Å². The first-order valence-corrected chi connectivity index (χ1v) is 10.8. The maximum absolute atomic E-state index is 12.5. The first-order chi connectivity index (χ1) is 16.0. The van der Waals surface area contributed by atoms with Crippen LogP contribution in [-0.4, -0.2) is 48.0 Å². The number of methoxy groups -OCH3 is 2. The summed E-state index contributed by atoms with van der Waals surface area (Å²) in [7, 11) is 2.76. The molecule has 9 heteroatoms. The minimum absolute atomic E-state index is 0.178. The smallest absolute Gasteiger partial charge is 0.343 e. The lowest BCUT2D eigenvalue weighted by Gasteiger charge is -2.10. The minimum atomic E-state index is -0.548. The Morgan fingerprint density at radius 3 is 2.73 bits per heavy atom. The third-order valence-corrected chi connectivity index (χ3v) is 5.96. The van der Waals surface area contributed by atoms with Gasteiger partial charge >= 0.3 is 5.97 Å². The van der Waals surface area contributed by atoms with E-state index in [4.69, 9.17) is 9.47 Å². The first kappa shape index (κ1) is 22.5. The fourth-order valence-corrected chi connectivity index (χ4v) is 4.30. The molecule has 168 valence electrons. The van der Waals surface area contributed by atoms with Gasteiger partial charge in [-0.05, 0) is 41.1 Å². The summed E-state index contributed by atoms with van der Waals surface area (Å²) in [6, 6.07) is 14.3. The van der Waals surface area contributed by atoms with Gasteiger partial charge in [0.25, 0.3) is 5.91 Å². The highest BCUT2D eigenvalue weighted by atomic mass is 32.2. The zero-order chi connectivity index (χ0) is 23.4. The van der Waals surface area contributed by atoms with Crippen LogP contribution in [0.25, 0.3) is 17.0 Å². The van der Waals surface area contributed by atoms with E-state index in [9.17, 15) is 14.7 Å². The number of aromatic nitrogens is 1. The van der Waals surface area contributed by atoms with Crippen molar-refractivity contribution in [3.8, 4) is 5.75 Å². The van der Waals surface area contributed by atoms with Gasteiger partial charge in [0.1, 0.15) is 17.4 Å². The molecule has 33 heavy (non-hydrogen) atoms. The number of rotatable bonds is 6. The summed E-state index contributed by atoms with van der Waals surface area (Å²) in [6.45, 7) is -0.178. The largest absolute Gasteiger partial charge is 0.495 e. The average Bonchev–Trinajstić information content (AvgIpc) is 3.20. The number of benzene rings is 2. The number of amides is 1. The Kier molecular flexibility index (Phi) is 6.71. The Hall–Kier alpha value is -3.69. The lowest BCUT2D eigenvalue weighted by atomic mass is 10.1. The van der Waals surface area contributed by atoms with E-state index in [1.807, 2.05) is 36.4 Å². The first-order valence-electron chi connectivity index (χ1n) is 10.0. The minimum Gasteiger partial charge on any atom is -0.495 e. The third kappa shape index (κ3) is 4.74. The van der Waals surface area contributed by atoms with Crippen LogP contribution < -0.4 is 10.1 Å². The number of carbonyl (C=O) groups excluding carboxylic acids is 2. The number of carbonyl (C=O) groups is 2. The number of nitrogens with zero attached hydrogens (tertiary/aromatic N) is 2. The van der Waals surface area contributed by atoms with Gasteiger partial charge in [0.2, 0.25) is 0 Å².